The standard InChI is InChI=1S/C52H56N10O11/c1-31(2)51(61-49(67)68,37-17-13-33(14-18-37)25-53-45(63)41-23-43(59-29-57-41)47(65)55-27-35-9-7-11-39(21-35)71-5)73-52(32(3)4,62-50(69)70)38-19-15-34(16-20-38)26-54-46(64)42-24-44(60-30-58-42)48(66)56-28-36-10-8-12-40(22-36)72-6/h7-24,29-32,61-62H,25-28H2,1-6H3,(H,53,63)(H,54,64)(H,55,65)(H,56,66)(H,67,68)(H,69,70). The molecule has 0 saturated carbocycles. The molecule has 2 heterocycles. The Morgan fingerprint density at radius 3 is 1.07 bits per heavy atom. The van der Waals surface area contributed by atoms with Crippen molar-refractivity contribution in [3.63, 3.8) is 0 Å². The molecule has 0 aliphatic carbocycles. The maximum absolute atomic E-state index is 13.2. The lowest BCUT2D eigenvalue weighted by Gasteiger charge is -2.48. The van der Waals surface area contributed by atoms with E-state index in [1.54, 1.807) is 127 Å². The lowest BCUT2D eigenvalue weighted by molar-refractivity contribution is -0.230. The number of carboxylic acid groups (broad SMARTS) is 2. The molecule has 6 aromatic rings. The average molecular weight is 997 g/mol. The summed E-state index contributed by atoms with van der Waals surface area (Å²) in [6.07, 6.45) is -0.672. The van der Waals surface area contributed by atoms with Crippen molar-refractivity contribution >= 4 is 35.8 Å². The number of amides is 6. The number of ether oxygens (including phenoxy) is 3. The van der Waals surface area contributed by atoms with Crippen molar-refractivity contribution in [1.82, 2.24) is 51.8 Å². The summed E-state index contributed by atoms with van der Waals surface area (Å²) in [6, 6.07) is 30.0. The molecule has 0 fully saturated rings. The van der Waals surface area contributed by atoms with Crippen LogP contribution in [0.3, 0.4) is 0 Å². The summed E-state index contributed by atoms with van der Waals surface area (Å²) in [5.74, 6) is -2.23. The van der Waals surface area contributed by atoms with Crippen LogP contribution in [-0.4, -0.2) is 80.2 Å². The molecule has 0 radical (unpaired) electrons. The molecule has 8 N–H and O–H groups in total. The lowest BCUT2D eigenvalue weighted by Crippen LogP contribution is -2.61. The minimum atomic E-state index is -1.88. The van der Waals surface area contributed by atoms with E-state index in [0.717, 1.165) is 23.8 Å². The number of hydrogen-bond donors (Lipinski definition) is 8. The van der Waals surface area contributed by atoms with Crippen molar-refractivity contribution in [2.45, 2.75) is 65.3 Å². The molecule has 0 aliphatic rings. The van der Waals surface area contributed by atoms with Gasteiger partial charge in [0.05, 0.1) is 14.2 Å². The van der Waals surface area contributed by atoms with Crippen LogP contribution >= 0.6 is 0 Å². The van der Waals surface area contributed by atoms with Crippen molar-refractivity contribution in [3.05, 3.63) is 178 Å². The number of hydrogen-bond acceptors (Lipinski definition) is 13. The Labute approximate surface area is 420 Å². The van der Waals surface area contributed by atoms with Gasteiger partial charge in [0, 0.05) is 61.3 Å². The van der Waals surface area contributed by atoms with Gasteiger partial charge < -0.3 is 45.7 Å². The molecule has 73 heavy (non-hydrogen) atoms. The van der Waals surface area contributed by atoms with Gasteiger partial charge in [0.25, 0.3) is 23.6 Å². The molecule has 0 bridgehead atoms. The van der Waals surface area contributed by atoms with Crippen LogP contribution in [0.5, 0.6) is 11.5 Å². The molecule has 380 valence electrons. The Kier molecular flexibility index (Phi) is 17.7. The zero-order valence-corrected chi connectivity index (χ0v) is 40.9. The third-order valence-corrected chi connectivity index (χ3v) is 11.6. The number of carbonyl (C=O) groups excluding carboxylic acids is 4. The Balaban J connectivity index is 1.14. The van der Waals surface area contributed by atoms with Crippen molar-refractivity contribution in [1.29, 1.82) is 0 Å². The van der Waals surface area contributed by atoms with Crippen LogP contribution < -0.4 is 41.4 Å². The molecular weight excluding hydrogens is 941 g/mol. The number of nitrogens with zero attached hydrogens (tertiary/aromatic N) is 4. The van der Waals surface area contributed by atoms with Crippen molar-refractivity contribution in [3.8, 4) is 11.5 Å². The molecule has 6 amide bonds. The molecule has 2 aromatic heterocycles. The minimum absolute atomic E-state index is 0.00868. The van der Waals surface area contributed by atoms with Crippen LogP contribution in [0.15, 0.2) is 122 Å². The van der Waals surface area contributed by atoms with Gasteiger partial charge in [-0.15, -0.1) is 0 Å². The van der Waals surface area contributed by atoms with Gasteiger partial charge in [0.15, 0.2) is 11.4 Å². The van der Waals surface area contributed by atoms with E-state index < -0.39 is 59.1 Å². The van der Waals surface area contributed by atoms with Crippen molar-refractivity contribution < 1.29 is 53.2 Å². The minimum Gasteiger partial charge on any atom is -0.497 e. The van der Waals surface area contributed by atoms with Crippen LogP contribution in [-0.2, 0) is 42.4 Å². The molecule has 0 aliphatic heterocycles. The first-order valence-electron chi connectivity index (χ1n) is 22.9. The van der Waals surface area contributed by atoms with Gasteiger partial charge >= 0.3 is 12.2 Å². The first-order valence-corrected chi connectivity index (χ1v) is 22.9. The van der Waals surface area contributed by atoms with Gasteiger partial charge in [0.1, 0.15) is 46.9 Å². The largest absolute Gasteiger partial charge is 0.497 e. The molecule has 2 unspecified atom stereocenters. The van der Waals surface area contributed by atoms with E-state index >= 15 is 0 Å². The van der Waals surface area contributed by atoms with Crippen LogP contribution in [0, 0.1) is 11.8 Å². The van der Waals surface area contributed by atoms with Gasteiger partial charge in [-0.05, 0) is 46.5 Å². The summed E-state index contributed by atoms with van der Waals surface area (Å²) in [5.41, 5.74) is -0.446. The molecule has 4 aromatic carbocycles. The average Bonchev–Trinajstić information content (AvgIpc) is 3.39. The van der Waals surface area contributed by atoms with E-state index in [4.69, 9.17) is 14.2 Å². The van der Waals surface area contributed by atoms with Crippen molar-refractivity contribution in [2.75, 3.05) is 14.2 Å². The highest BCUT2D eigenvalue weighted by atomic mass is 16.6. The van der Waals surface area contributed by atoms with Crippen molar-refractivity contribution in [2.24, 2.45) is 11.8 Å². The number of carbonyl (C=O) groups is 6. The Bertz CT molecular complexity index is 2740. The fourth-order valence-electron chi connectivity index (χ4n) is 7.68. The lowest BCUT2D eigenvalue weighted by atomic mass is 9.86. The van der Waals surface area contributed by atoms with Gasteiger partial charge in [-0.25, -0.2) is 29.5 Å². The van der Waals surface area contributed by atoms with Gasteiger partial charge in [-0.3, -0.25) is 29.8 Å². The second-order valence-corrected chi connectivity index (χ2v) is 17.1. The predicted molar refractivity (Wildman–Crippen MR) is 264 cm³/mol. The molecule has 6 rings (SSSR count). The van der Waals surface area contributed by atoms with Crippen LogP contribution in [0.25, 0.3) is 0 Å². The topological polar surface area (TPSA) is 294 Å². The van der Waals surface area contributed by atoms with E-state index in [0.29, 0.717) is 33.8 Å². The highest BCUT2D eigenvalue weighted by Crippen LogP contribution is 2.42. The third-order valence-electron chi connectivity index (χ3n) is 11.6. The predicted octanol–water partition coefficient (Wildman–Crippen LogP) is 5.87. The number of benzene rings is 4. The summed E-state index contributed by atoms with van der Waals surface area (Å²) in [6.45, 7) is 7.26. The first kappa shape index (κ1) is 53.4. The maximum atomic E-state index is 13.2. The second-order valence-electron chi connectivity index (χ2n) is 17.1. The quantitative estimate of drug-likeness (QED) is 0.0369. The van der Waals surface area contributed by atoms with E-state index in [9.17, 15) is 39.0 Å². The van der Waals surface area contributed by atoms with E-state index in [2.05, 4.69) is 51.8 Å². The highest BCUT2D eigenvalue weighted by Gasteiger charge is 2.50. The monoisotopic (exact) mass is 996 g/mol. The van der Waals surface area contributed by atoms with E-state index in [1.165, 1.54) is 12.1 Å². The third kappa shape index (κ3) is 13.7. The fourth-order valence-corrected chi connectivity index (χ4v) is 7.68. The number of methoxy groups -OCH3 is 2. The first-order chi connectivity index (χ1) is 34.9. The maximum Gasteiger partial charge on any atom is 0.407 e. The molecule has 21 nitrogen and oxygen atoms in total. The zero-order valence-electron chi connectivity index (χ0n) is 40.9. The Morgan fingerprint density at radius 1 is 0.466 bits per heavy atom. The molecule has 0 saturated heterocycles. The van der Waals surface area contributed by atoms with Gasteiger partial charge in [-0.1, -0.05) is 100 Å². The second kappa shape index (κ2) is 24.2. The molecule has 21 heteroatoms. The highest BCUT2D eigenvalue weighted by molar-refractivity contribution is 5.98. The van der Waals surface area contributed by atoms with Gasteiger partial charge in [0.2, 0.25) is 0 Å². The van der Waals surface area contributed by atoms with E-state index in [-0.39, 0.29) is 49.0 Å². The summed E-state index contributed by atoms with van der Waals surface area (Å²) in [4.78, 5) is 93.6. The normalized spacial score (nSPS) is 12.6. The zero-order chi connectivity index (χ0) is 52.7. The number of rotatable bonds is 22. The summed E-state index contributed by atoms with van der Waals surface area (Å²) < 4.78 is 17.3. The van der Waals surface area contributed by atoms with Gasteiger partial charge in [-0.2, -0.15) is 0 Å². The fraction of sp³-hybridized carbons (Fsp3) is 0.269. The van der Waals surface area contributed by atoms with Crippen LogP contribution in [0.2, 0.25) is 0 Å². The summed E-state index contributed by atoms with van der Waals surface area (Å²) >= 11 is 0. The van der Waals surface area contributed by atoms with E-state index in [1.807, 2.05) is 12.1 Å². The summed E-state index contributed by atoms with van der Waals surface area (Å²) in [7, 11) is 3.09. The molecule has 0 spiro atoms. The Morgan fingerprint density at radius 2 is 0.781 bits per heavy atom. The molecular formula is C52H56N10O11. The number of nitrogens with one attached hydrogen (secondary N) is 6. The SMILES string of the molecule is COc1cccc(CNC(=O)c2cc(C(=O)NCc3ccc(C(NC(=O)O)(OC(NC(=O)O)(c4ccc(CNC(=O)c5cc(C(=O)NCc6cccc(OC)c6)ncn5)cc4)C(C)C)C(C)C)cc3)ncn2)c1. The smallest absolute Gasteiger partial charge is 0.407 e. The van der Waals surface area contributed by atoms with Crippen LogP contribution in [0.1, 0.15) is 103 Å². The van der Waals surface area contributed by atoms with Crippen LogP contribution in [0.4, 0.5) is 9.59 Å². The Hall–Kier alpha value is -8.98. The molecule has 2 atom stereocenters. The number of aromatic nitrogens is 4. The summed E-state index contributed by atoms with van der Waals surface area (Å²) in [5, 5.41) is 36.7.